The number of aliphatic hydroxyl groups is 1. The molecule has 0 bridgehead atoms. The van der Waals surface area contributed by atoms with Crippen LogP contribution in [0, 0.1) is 5.82 Å². The number of aromatic hydroxyl groups is 1. The number of carboxylic acids is 1. The summed E-state index contributed by atoms with van der Waals surface area (Å²) in [6.07, 6.45) is -1.33. The van der Waals surface area contributed by atoms with Crippen LogP contribution in [0.3, 0.4) is 0 Å². The van der Waals surface area contributed by atoms with E-state index in [0.717, 1.165) is 18.2 Å². The van der Waals surface area contributed by atoms with E-state index in [1.54, 1.807) is 0 Å². The Bertz CT molecular complexity index is 475. The topological polar surface area (TPSA) is 107 Å². The fourth-order valence-corrected chi connectivity index (χ4v) is 1.30. The summed E-state index contributed by atoms with van der Waals surface area (Å²) >= 11 is 0. The van der Waals surface area contributed by atoms with Gasteiger partial charge in [0.05, 0.1) is 11.7 Å². The number of halogens is 1. The number of nitrogens with one attached hydrogen (secondary N) is 1. The molecule has 98 valence electrons. The van der Waals surface area contributed by atoms with Crippen LogP contribution in [0.15, 0.2) is 18.2 Å². The minimum atomic E-state index is -1.54. The zero-order valence-corrected chi connectivity index (χ0v) is 9.42. The predicted octanol–water partition coefficient (Wildman–Crippen LogP) is 0.0951. The molecule has 4 N–H and O–H groups in total. The molecule has 0 radical (unpaired) electrons. The Labute approximate surface area is 102 Å². The van der Waals surface area contributed by atoms with Crippen LogP contribution in [-0.2, 0) is 4.79 Å². The predicted molar refractivity (Wildman–Crippen MR) is 58.6 cm³/mol. The molecule has 0 aliphatic rings. The van der Waals surface area contributed by atoms with Gasteiger partial charge in [0.15, 0.2) is 6.04 Å². The minimum absolute atomic E-state index is 0.401. The monoisotopic (exact) mass is 257 g/mol. The molecule has 0 spiro atoms. The summed E-state index contributed by atoms with van der Waals surface area (Å²) in [4.78, 5) is 22.4. The zero-order chi connectivity index (χ0) is 13.9. The fraction of sp³-hybridized carbons (Fsp3) is 0.273. The molecule has 0 aromatic heterocycles. The Hall–Kier alpha value is -2.15. The number of benzene rings is 1. The van der Waals surface area contributed by atoms with E-state index in [2.05, 4.69) is 0 Å². The molecule has 0 aliphatic carbocycles. The largest absolute Gasteiger partial charge is 0.507 e. The summed E-state index contributed by atoms with van der Waals surface area (Å²) in [5.74, 6) is -3.65. The van der Waals surface area contributed by atoms with Crippen molar-refractivity contribution in [3.05, 3.63) is 29.6 Å². The van der Waals surface area contributed by atoms with Gasteiger partial charge in [0.25, 0.3) is 5.91 Å². The van der Waals surface area contributed by atoms with Gasteiger partial charge < -0.3 is 20.6 Å². The number of carboxylic acid groups (broad SMARTS) is 1. The van der Waals surface area contributed by atoms with Gasteiger partial charge in [0.2, 0.25) is 0 Å². The molecule has 1 aromatic carbocycles. The van der Waals surface area contributed by atoms with Crippen molar-refractivity contribution in [3.8, 4) is 5.75 Å². The highest BCUT2D eigenvalue weighted by Gasteiger charge is 2.26. The Morgan fingerprint density at radius 3 is 2.50 bits per heavy atom. The van der Waals surface area contributed by atoms with E-state index in [1.807, 2.05) is 5.32 Å². The lowest BCUT2D eigenvalue weighted by Gasteiger charge is -2.17. The van der Waals surface area contributed by atoms with Crippen molar-refractivity contribution in [1.82, 2.24) is 5.32 Å². The summed E-state index contributed by atoms with van der Waals surface area (Å²) in [5, 5.41) is 29.3. The molecule has 2 atom stereocenters. The van der Waals surface area contributed by atoms with Crippen LogP contribution < -0.4 is 5.32 Å². The lowest BCUT2D eigenvalue weighted by atomic mass is 10.1. The molecule has 2 unspecified atom stereocenters. The highest BCUT2D eigenvalue weighted by atomic mass is 19.1. The summed E-state index contributed by atoms with van der Waals surface area (Å²) in [6, 6.07) is 1.16. The van der Waals surface area contributed by atoms with E-state index in [1.165, 1.54) is 6.92 Å². The molecule has 0 heterocycles. The van der Waals surface area contributed by atoms with Gasteiger partial charge in [0, 0.05) is 0 Å². The number of hydrogen-bond acceptors (Lipinski definition) is 4. The third-order valence-corrected chi connectivity index (χ3v) is 2.24. The third kappa shape index (κ3) is 3.17. The second-order valence-corrected chi connectivity index (χ2v) is 3.69. The average molecular weight is 257 g/mol. The Balaban J connectivity index is 2.94. The van der Waals surface area contributed by atoms with Crippen molar-refractivity contribution in [3.63, 3.8) is 0 Å². The van der Waals surface area contributed by atoms with Gasteiger partial charge in [-0.25, -0.2) is 9.18 Å². The number of phenolic OH excluding ortho intramolecular Hbond substituents is 1. The molecule has 0 aliphatic heterocycles. The molecular formula is C11H12FNO5. The van der Waals surface area contributed by atoms with Gasteiger partial charge in [-0.3, -0.25) is 4.79 Å². The van der Waals surface area contributed by atoms with Crippen LogP contribution in [0.5, 0.6) is 5.75 Å². The molecule has 1 amide bonds. The van der Waals surface area contributed by atoms with Crippen molar-refractivity contribution in [2.75, 3.05) is 0 Å². The maximum absolute atomic E-state index is 12.9. The molecule has 7 heteroatoms. The minimum Gasteiger partial charge on any atom is -0.507 e. The average Bonchev–Trinajstić information content (AvgIpc) is 2.28. The number of rotatable bonds is 4. The van der Waals surface area contributed by atoms with Crippen molar-refractivity contribution in [1.29, 1.82) is 0 Å². The molecule has 1 rings (SSSR count). The van der Waals surface area contributed by atoms with Gasteiger partial charge in [-0.15, -0.1) is 0 Å². The number of carbonyl (C=O) groups excluding carboxylic acids is 1. The summed E-state index contributed by atoms with van der Waals surface area (Å²) < 4.78 is 12.9. The maximum Gasteiger partial charge on any atom is 0.328 e. The number of hydrogen-bond donors (Lipinski definition) is 4. The molecule has 0 saturated heterocycles. The van der Waals surface area contributed by atoms with E-state index in [4.69, 9.17) is 5.11 Å². The van der Waals surface area contributed by atoms with Crippen molar-refractivity contribution >= 4 is 11.9 Å². The lowest BCUT2D eigenvalue weighted by molar-refractivity contribution is -0.141. The second-order valence-electron chi connectivity index (χ2n) is 3.69. The Morgan fingerprint density at radius 2 is 2.00 bits per heavy atom. The van der Waals surface area contributed by atoms with Crippen LogP contribution in [0.4, 0.5) is 4.39 Å². The van der Waals surface area contributed by atoms with Crippen LogP contribution in [0.2, 0.25) is 0 Å². The van der Waals surface area contributed by atoms with Crippen LogP contribution in [0.1, 0.15) is 17.3 Å². The Morgan fingerprint density at radius 1 is 1.39 bits per heavy atom. The van der Waals surface area contributed by atoms with Gasteiger partial charge in [0.1, 0.15) is 11.6 Å². The normalized spacial score (nSPS) is 13.7. The number of phenols is 1. The first-order chi connectivity index (χ1) is 8.32. The van der Waals surface area contributed by atoms with E-state index >= 15 is 0 Å². The fourth-order valence-electron chi connectivity index (χ4n) is 1.30. The molecule has 18 heavy (non-hydrogen) atoms. The molecule has 1 aromatic rings. The van der Waals surface area contributed by atoms with Gasteiger partial charge >= 0.3 is 5.97 Å². The van der Waals surface area contributed by atoms with Gasteiger partial charge in [-0.1, -0.05) is 0 Å². The van der Waals surface area contributed by atoms with Crippen LogP contribution in [0.25, 0.3) is 0 Å². The Kier molecular flexibility index (Phi) is 4.22. The first kappa shape index (κ1) is 13.9. The third-order valence-electron chi connectivity index (χ3n) is 2.24. The van der Waals surface area contributed by atoms with E-state index in [0.29, 0.717) is 0 Å². The van der Waals surface area contributed by atoms with Crippen molar-refractivity contribution in [2.45, 2.75) is 19.1 Å². The van der Waals surface area contributed by atoms with E-state index in [-0.39, 0.29) is 0 Å². The molecule has 0 fully saturated rings. The van der Waals surface area contributed by atoms with E-state index < -0.39 is 41.2 Å². The van der Waals surface area contributed by atoms with Crippen LogP contribution >= 0.6 is 0 Å². The van der Waals surface area contributed by atoms with Gasteiger partial charge in [-0.2, -0.15) is 0 Å². The lowest BCUT2D eigenvalue weighted by Crippen LogP contribution is -2.47. The summed E-state index contributed by atoms with van der Waals surface area (Å²) in [6.45, 7) is 1.19. The first-order valence-corrected chi connectivity index (χ1v) is 5.03. The quantitative estimate of drug-likeness (QED) is 0.611. The SMILES string of the molecule is CC(O)C(NC(=O)c1cc(F)ccc1O)C(=O)O. The summed E-state index contributed by atoms with van der Waals surface area (Å²) in [7, 11) is 0. The van der Waals surface area contributed by atoms with E-state index in [9.17, 15) is 24.2 Å². The van der Waals surface area contributed by atoms with Crippen molar-refractivity contribution < 1.29 is 29.3 Å². The van der Waals surface area contributed by atoms with Crippen LogP contribution in [-0.4, -0.2) is 39.3 Å². The maximum atomic E-state index is 12.9. The first-order valence-electron chi connectivity index (χ1n) is 5.03. The smallest absolute Gasteiger partial charge is 0.328 e. The second kappa shape index (κ2) is 5.46. The molecular weight excluding hydrogens is 245 g/mol. The molecule has 0 saturated carbocycles. The standard InChI is InChI=1S/C11H12FNO5/c1-5(14)9(11(17)18)13-10(16)7-4-6(12)2-3-8(7)15/h2-5,9,14-15H,1H3,(H,13,16)(H,17,18). The highest BCUT2D eigenvalue weighted by Crippen LogP contribution is 2.17. The van der Waals surface area contributed by atoms with Gasteiger partial charge in [-0.05, 0) is 25.1 Å². The highest BCUT2D eigenvalue weighted by molar-refractivity contribution is 5.98. The zero-order valence-electron chi connectivity index (χ0n) is 9.42. The number of carbonyl (C=O) groups is 2. The number of aliphatic hydroxyl groups excluding tert-OH is 1. The molecule has 6 nitrogen and oxygen atoms in total. The summed E-state index contributed by atoms with van der Waals surface area (Å²) in [5.41, 5.74) is -0.401. The number of aliphatic carboxylic acids is 1. The number of amides is 1. The van der Waals surface area contributed by atoms with Crippen molar-refractivity contribution in [2.24, 2.45) is 0 Å².